The van der Waals surface area contributed by atoms with E-state index in [0.717, 1.165) is 32.9 Å². The number of pyridine rings is 1. The van der Waals surface area contributed by atoms with Crippen LogP contribution >= 0.6 is 11.3 Å². The van der Waals surface area contributed by atoms with Gasteiger partial charge < -0.3 is 5.32 Å². The number of hydrogen-bond acceptors (Lipinski definition) is 4. The zero-order valence-corrected chi connectivity index (χ0v) is 13.7. The molecule has 0 fully saturated rings. The average Bonchev–Trinajstić information content (AvgIpc) is 3.26. The molecule has 4 aromatic rings. The molecule has 5 nitrogen and oxygen atoms in total. The maximum atomic E-state index is 12.5. The summed E-state index contributed by atoms with van der Waals surface area (Å²) >= 11 is 1.60. The molecule has 1 amide bonds. The third-order valence-electron chi connectivity index (χ3n) is 3.72. The second kappa shape index (κ2) is 5.90. The molecule has 4 rings (SSSR count). The number of rotatable bonds is 3. The lowest BCUT2D eigenvalue weighted by Crippen LogP contribution is -2.12. The lowest BCUT2D eigenvalue weighted by molar-refractivity contribution is 0.102. The standard InChI is InChI=1S/C18H14N4OS/c1-11-7-8-12-13(19-11)4-2-5-14(12)20-18(23)16-10-15(21-22-16)17-6-3-9-24-17/h2-10H,1H3,(H,20,23)(H,21,22). The zero-order valence-electron chi connectivity index (χ0n) is 12.9. The molecular weight excluding hydrogens is 320 g/mol. The minimum absolute atomic E-state index is 0.248. The largest absolute Gasteiger partial charge is 0.320 e. The van der Waals surface area contributed by atoms with E-state index in [1.54, 1.807) is 17.4 Å². The first-order chi connectivity index (χ1) is 11.7. The number of aromatic amines is 1. The number of benzene rings is 1. The lowest BCUT2D eigenvalue weighted by Gasteiger charge is -2.07. The highest BCUT2D eigenvalue weighted by molar-refractivity contribution is 7.13. The predicted molar refractivity (Wildman–Crippen MR) is 96.3 cm³/mol. The summed E-state index contributed by atoms with van der Waals surface area (Å²) in [5.41, 5.74) is 3.72. The zero-order chi connectivity index (χ0) is 16.5. The van der Waals surface area contributed by atoms with E-state index in [0.29, 0.717) is 5.69 Å². The van der Waals surface area contributed by atoms with Gasteiger partial charge in [-0.15, -0.1) is 11.3 Å². The van der Waals surface area contributed by atoms with Gasteiger partial charge in [0.15, 0.2) is 5.69 Å². The summed E-state index contributed by atoms with van der Waals surface area (Å²) in [7, 11) is 0. The Balaban J connectivity index is 1.63. The normalized spacial score (nSPS) is 10.9. The number of fused-ring (bicyclic) bond motifs is 1. The molecule has 0 aliphatic rings. The van der Waals surface area contributed by atoms with Gasteiger partial charge in [0, 0.05) is 11.1 Å². The van der Waals surface area contributed by atoms with Gasteiger partial charge in [0.2, 0.25) is 0 Å². The third kappa shape index (κ3) is 2.68. The number of carbonyl (C=O) groups excluding carboxylic acids is 1. The molecule has 6 heteroatoms. The predicted octanol–water partition coefficient (Wildman–Crippen LogP) is 4.25. The van der Waals surface area contributed by atoms with Crippen LogP contribution in [0.3, 0.4) is 0 Å². The number of amides is 1. The Bertz CT molecular complexity index is 1020. The van der Waals surface area contributed by atoms with E-state index >= 15 is 0 Å². The third-order valence-corrected chi connectivity index (χ3v) is 4.62. The van der Waals surface area contributed by atoms with E-state index in [2.05, 4.69) is 20.5 Å². The van der Waals surface area contributed by atoms with Gasteiger partial charge in [-0.05, 0) is 48.7 Å². The Kier molecular flexibility index (Phi) is 3.59. The molecule has 0 bridgehead atoms. The molecule has 3 aromatic heterocycles. The molecule has 118 valence electrons. The van der Waals surface area contributed by atoms with Crippen LogP contribution in [0.1, 0.15) is 16.2 Å². The van der Waals surface area contributed by atoms with Gasteiger partial charge in [0.1, 0.15) is 0 Å². The SMILES string of the molecule is Cc1ccc2c(NC(=O)c3cc(-c4cccs4)[nH]n3)cccc2n1. The van der Waals surface area contributed by atoms with Crippen LogP contribution in [0.2, 0.25) is 0 Å². The topological polar surface area (TPSA) is 70.7 Å². The fraction of sp³-hybridized carbons (Fsp3) is 0.0556. The van der Waals surface area contributed by atoms with Crippen LogP contribution in [-0.2, 0) is 0 Å². The van der Waals surface area contributed by atoms with Gasteiger partial charge in [0.05, 0.1) is 21.8 Å². The quantitative estimate of drug-likeness (QED) is 0.588. The maximum Gasteiger partial charge on any atom is 0.276 e. The number of H-pyrrole nitrogens is 1. The molecule has 1 aromatic carbocycles. The molecule has 0 saturated carbocycles. The van der Waals surface area contributed by atoms with Crippen molar-refractivity contribution in [3.05, 3.63) is 65.3 Å². The molecule has 0 atom stereocenters. The second-order valence-corrected chi connectivity index (χ2v) is 6.37. The number of thiophene rings is 1. The van der Waals surface area contributed by atoms with E-state index in [-0.39, 0.29) is 5.91 Å². The first-order valence-electron chi connectivity index (χ1n) is 7.48. The second-order valence-electron chi connectivity index (χ2n) is 5.42. The number of carbonyl (C=O) groups is 1. The molecule has 0 aliphatic carbocycles. The van der Waals surface area contributed by atoms with Crippen molar-refractivity contribution < 1.29 is 4.79 Å². The highest BCUT2D eigenvalue weighted by Gasteiger charge is 2.13. The molecule has 0 unspecified atom stereocenters. The first kappa shape index (κ1) is 14.6. The summed E-state index contributed by atoms with van der Waals surface area (Å²) < 4.78 is 0. The van der Waals surface area contributed by atoms with Crippen molar-refractivity contribution in [3.63, 3.8) is 0 Å². The average molecular weight is 334 g/mol. The number of aryl methyl sites for hydroxylation is 1. The Morgan fingerprint density at radius 3 is 2.92 bits per heavy atom. The van der Waals surface area contributed by atoms with Gasteiger partial charge in [-0.3, -0.25) is 14.9 Å². The fourth-order valence-electron chi connectivity index (χ4n) is 2.55. The number of aromatic nitrogens is 3. The molecule has 0 aliphatic heterocycles. The van der Waals surface area contributed by atoms with E-state index in [1.807, 2.05) is 54.8 Å². The van der Waals surface area contributed by atoms with Crippen molar-refractivity contribution in [2.75, 3.05) is 5.32 Å². The van der Waals surface area contributed by atoms with E-state index in [4.69, 9.17) is 0 Å². The molecule has 0 radical (unpaired) electrons. The Labute approximate surface area is 142 Å². The fourth-order valence-corrected chi connectivity index (χ4v) is 3.24. The van der Waals surface area contributed by atoms with Gasteiger partial charge >= 0.3 is 0 Å². The number of nitrogens with one attached hydrogen (secondary N) is 2. The Morgan fingerprint density at radius 2 is 2.08 bits per heavy atom. The summed E-state index contributed by atoms with van der Waals surface area (Å²) in [4.78, 5) is 18.0. The van der Waals surface area contributed by atoms with Crippen molar-refractivity contribution in [1.82, 2.24) is 15.2 Å². The van der Waals surface area contributed by atoms with Crippen LogP contribution < -0.4 is 5.32 Å². The van der Waals surface area contributed by atoms with Crippen molar-refractivity contribution in [2.45, 2.75) is 6.92 Å². The van der Waals surface area contributed by atoms with Crippen molar-refractivity contribution in [2.24, 2.45) is 0 Å². The summed E-state index contributed by atoms with van der Waals surface area (Å²) in [6.45, 7) is 1.94. The van der Waals surface area contributed by atoms with Crippen LogP contribution in [0, 0.1) is 6.92 Å². The van der Waals surface area contributed by atoms with E-state index in [1.165, 1.54) is 0 Å². The number of hydrogen-bond donors (Lipinski definition) is 2. The van der Waals surface area contributed by atoms with Gasteiger partial charge in [-0.25, -0.2) is 0 Å². The number of nitrogens with zero attached hydrogens (tertiary/aromatic N) is 2. The highest BCUT2D eigenvalue weighted by Crippen LogP contribution is 2.25. The molecule has 24 heavy (non-hydrogen) atoms. The van der Waals surface area contributed by atoms with E-state index in [9.17, 15) is 4.79 Å². The summed E-state index contributed by atoms with van der Waals surface area (Å²) in [6, 6.07) is 15.3. The highest BCUT2D eigenvalue weighted by atomic mass is 32.1. The van der Waals surface area contributed by atoms with Crippen LogP contribution in [0.4, 0.5) is 5.69 Å². The monoisotopic (exact) mass is 334 g/mol. The molecule has 0 saturated heterocycles. The van der Waals surface area contributed by atoms with Gasteiger partial charge in [-0.2, -0.15) is 5.10 Å². The molecule has 0 spiro atoms. The molecular formula is C18H14N4OS. The van der Waals surface area contributed by atoms with Crippen molar-refractivity contribution in [3.8, 4) is 10.6 Å². The van der Waals surface area contributed by atoms with Crippen LogP contribution in [0.5, 0.6) is 0 Å². The first-order valence-corrected chi connectivity index (χ1v) is 8.36. The van der Waals surface area contributed by atoms with Crippen LogP contribution in [0.15, 0.2) is 53.9 Å². The summed E-state index contributed by atoms with van der Waals surface area (Å²) in [5.74, 6) is -0.248. The minimum atomic E-state index is -0.248. The van der Waals surface area contributed by atoms with Crippen LogP contribution in [-0.4, -0.2) is 21.1 Å². The Morgan fingerprint density at radius 1 is 1.17 bits per heavy atom. The minimum Gasteiger partial charge on any atom is -0.320 e. The van der Waals surface area contributed by atoms with Gasteiger partial charge in [-0.1, -0.05) is 12.1 Å². The lowest BCUT2D eigenvalue weighted by atomic mass is 10.1. The Hall–Kier alpha value is -2.99. The van der Waals surface area contributed by atoms with Crippen molar-refractivity contribution in [1.29, 1.82) is 0 Å². The molecule has 3 heterocycles. The smallest absolute Gasteiger partial charge is 0.276 e. The number of anilines is 1. The van der Waals surface area contributed by atoms with Gasteiger partial charge in [0.25, 0.3) is 5.91 Å². The van der Waals surface area contributed by atoms with Crippen LogP contribution in [0.25, 0.3) is 21.5 Å². The molecule has 2 N–H and O–H groups in total. The maximum absolute atomic E-state index is 12.5. The summed E-state index contributed by atoms with van der Waals surface area (Å²) in [6.07, 6.45) is 0. The van der Waals surface area contributed by atoms with Crippen molar-refractivity contribution >= 4 is 33.8 Å². The van der Waals surface area contributed by atoms with E-state index < -0.39 is 0 Å². The summed E-state index contributed by atoms with van der Waals surface area (Å²) in [5, 5.41) is 12.8.